The van der Waals surface area contributed by atoms with Crippen LogP contribution in [0.1, 0.15) is 20.8 Å². The van der Waals surface area contributed by atoms with E-state index in [9.17, 15) is 8.42 Å². The number of ether oxygens (including phenoxy) is 1. The van der Waals surface area contributed by atoms with E-state index in [0.717, 1.165) is 0 Å². The number of sulfonamides is 1. The van der Waals surface area contributed by atoms with E-state index in [2.05, 4.69) is 0 Å². The normalized spacial score (nSPS) is 12.8. The fourth-order valence-corrected chi connectivity index (χ4v) is 1.87. The Morgan fingerprint density at radius 2 is 1.92 bits per heavy atom. The van der Waals surface area contributed by atoms with Crippen LogP contribution in [0.5, 0.6) is 0 Å². The molecular formula is C8H19NO3S. The van der Waals surface area contributed by atoms with E-state index in [1.165, 1.54) is 4.31 Å². The van der Waals surface area contributed by atoms with E-state index in [0.29, 0.717) is 19.8 Å². The third kappa shape index (κ3) is 4.06. The minimum Gasteiger partial charge on any atom is -0.380 e. The van der Waals surface area contributed by atoms with Crippen molar-refractivity contribution in [3.63, 3.8) is 0 Å². The Morgan fingerprint density at radius 1 is 1.38 bits per heavy atom. The van der Waals surface area contributed by atoms with E-state index in [1.54, 1.807) is 20.9 Å². The molecule has 0 aliphatic rings. The van der Waals surface area contributed by atoms with Gasteiger partial charge < -0.3 is 4.74 Å². The van der Waals surface area contributed by atoms with E-state index in [-0.39, 0.29) is 5.25 Å². The Hall–Kier alpha value is -0.130. The third-order valence-electron chi connectivity index (χ3n) is 1.78. The lowest BCUT2D eigenvalue weighted by Gasteiger charge is -2.19. The minimum atomic E-state index is -3.10. The molecular weight excluding hydrogens is 190 g/mol. The highest BCUT2D eigenvalue weighted by Crippen LogP contribution is 2.04. The Bertz CT molecular complexity index is 224. The molecule has 0 rings (SSSR count). The van der Waals surface area contributed by atoms with E-state index in [1.807, 2.05) is 6.92 Å². The van der Waals surface area contributed by atoms with Crippen molar-refractivity contribution in [3.05, 3.63) is 0 Å². The molecule has 0 aliphatic heterocycles. The van der Waals surface area contributed by atoms with Gasteiger partial charge in [-0.15, -0.1) is 0 Å². The minimum absolute atomic E-state index is 0.362. The summed E-state index contributed by atoms with van der Waals surface area (Å²) in [4.78, 5) is 0. The fourth-order valence-electron chi connectivity index (χ4n) is 0.825. The highest BCUT2D eigenvalue weighted by molar-refractivity contribution is 7.89. The summed E-state index contributed by atoms with van der Waals surface area (Å²) in [5.74, 6) is 0. The maximum atomic E-state index is 11.5. The Balaban J connectivity index is 4.03. The molecule has 80 valence electrons. The quantitative estimate of drug-likeness (QED) is 0.605. The van der Waals surface area contributed by atoms with E-state index < -0.39 is 10.0 Å². The van der Waals surface area contributed by atoms with Crippen molar-refractivity contribution < 1.29 is 13.2 Å². The summed E-state index contributed by atoms with van der Waals surface area (Å²) in [6.45, 7) is 6.73. The van der Waals surface area contributed by atoms with Gasteiger partial charge in [0.15, 0.2) is 0 Å². The molecule has 0 spiro atoms. The van der Waals surface area contributed by atoms with Crippen LogP contribution in [0, 0.1) is 0 Å². The Kier molecular flexibility index (Phi) is 5.51. The zero-order chi connectivity index (χ0) is 10.5. The van der Waals surface area contributed by atoms with Crippen molar-refractivity contribution in [1.82, 2.24) is 4.31 Å². The molecule has 0 atom stereocenters. The molecule has 0 saturated carbocycles. The molecule has 0 amide bonds. The molecule has 0 saturated heterocycles. The maximum Gasteiger partial charge on any atom is 0.216 e. The van der Waals surface area contributed by atoms with Crippen LogP contribution >= 0.6 is 0 Å². The standard InChI is InChI=1S/C8H19NO3S/c1-5-12-7-6-9(4)13(10,11)8(2)3/h8H,5-7H2,1-4H3. The summed E-state index contributed by atoms with van der Waals surface area (Å²) in [5, 5.41) is -0.362. The van der Waals surface area contributed by atoms with Crippen molar-refractivity contribution in [1.29, 1.82) is 0 Å². The smallest absolute Gasteiger partial charge is 0.216 e. The first kappa shape index (κ1) is 12.9. The Morgan fingerprint density at radius 3 is 2.31 bits per heavy atom. The lowest BCUT2D eigenvalue weighted by Crippen LogP contribution is -2.35. The van der Waals surface area contributed by atoms with Gasteiger partial charge in [-0.1, -0.05) is 0 Å². The molecule has 4 nitrogen and oxygen atoms in total. The summed E-state index contributed by atoms with van der Waals surface area (Å²) in [6, 6.07) is 0. The Labute approximate surface area is 80.9 Å². The predicted octanol–water partition coefficient (Wildman–Crippen LogP) is 0.693. The number of hydrogen-bond acceptors (Lipinski definition) is 3. The van der Waals surface area contributed by atoms with Crippen molar-refractivity contribution in [2.75, 3.05) is 26.8 Å². The third-order valence-corrected chi connectivity index (χ3v) is 4.03. The second-order valence-electron chi connectivity index (χ2n) is 3.11. The largest absolute Gasteiger partial charge is 0.380 e. The van der Waals surface area contributed by atoms with Gasteiger partial charge in [0.05, 0.1) is 11.9 Å². The van der Waals surface area contributed by atoms with Gasteiger partial charge in [-0.3, -0.25) is 0 Å². The van der Waals surface area contributed by atoms with E-state index in [4.69, 9.17) is 4.74 Å². The van der Waals surface area contributed by atoms with Crippen LogP contribution in [-0.2, 0) is 14.8 Å². The first-order valence-corrected chi connectivity index (χ1v) is 5.96. The molecule has 0 aromatic rings. The van der Waals surface area contributed by atoms with Gasteiger partial charge in [-0.2, -0.15) is 0 Å². The molecule has 0 bridgehead atoms. The van der Waals surface area contributed by atoms with Crippen LogP contribution < -0.4 is 0 Å². The second-order valence-corrected chi connectivity index (χ2v) is 5.71. The van der Waals surface area contributed by atoms with Gasteiger partial charge in [-0.05, 0) is 20.8 Å². The van der Waals surface area contributed by atoms with Crippen molar-refractivity contribution in [3.8, 4) is 0 Å². The first-order chi connectivity index (χ1) is 5.92. The van der Waals surface area contributed by atoms with Gasteiger partial charge >= 0.3 is 0 Å². The molecule has 0 unspecified atom stereocenters. The fraction of sp³-hybridized carbons (Fsp3) is 1.00. The van der Waals surface area contributed by atoms with Gasteiger partial charge in [0.25, 0.3) is 0 Å². The molecule has 0 aliphatic carbocycles. The second kappa shape index (κ2) is 5.57. The number of hydrogen-bond donors (Lipinski definition) is 0. The molecule has 0 heterocycles. The van der Waals surface area contributed by atoms with Crippen molar-refractivity contribution >= 4 is 10.0 Å². The lowest BCUT2D eigenvalue weighted by atomic mass is 10.6. The summed E-state index contributed by atoms with van der Waals surface area (Å²) < 4.78 is 29.4. The van der Waals surface area contributed by atoms with Crippen LogP contribution in [0.2, 0.25) is 0 Å². The highest BCUT2D eigenvalue weighted by atomic mass is 32.2. The van der Waals surface area contributed by atoms with Gasteiger partial charge in [0.1, 0.15) is 0 Å². The molecule has 13 heavy (non-hydrogen) atoms. The average Bonchev–Trinajstić information content (AvgIpc) is 2.04. The summed E-state index contributed by atoms with van der Waals surface area (Å²) in [5.41, 5.74) is 0. The van der Waals surface area contributed by atoms with Crippen LogP contribution in [-0.4, -0.2) is 44.8 Å². The average molecular weight is 209 g/mol. The SMILES string of the molecule is CCOCCN(C)S(=O)(=O)C(C)C. The van der Waals surface area contributed by atoms with Crippen LogP contribution in [0.25, 0.3) is 0 Å². The summed E-state index contributed by atoms with van der Waals surface area (Å²) in [6.07, 6.45) is 0. The van der Waals surface area contributed by atoms with Gasteiger partial charge in [0.2, 0.25) is 10.0 Å². The summed E-state index contributed by atoms with van der Waals surface area (Å²) in [7, 11) is -1.53. The van der Waals surface area contributed by atoms with Gasteiger partial charge in [0, 0.05) is 20.2 Å². The van der Waals surface area contributed by atoms with Crippen molar-refractivity contribution in [2.24, 2.45) is 0 Å². The number of rotatable bonds is 6. The topological polar surface area (TPSA) is 46.6 Å². The van der Waals surface area contributed by atoms with Crippen LogP contribution in [0.4, 0.5) is 0 Å². The zero-order valence-electron chi connectivity index (χ0n) is 8.78. The van der Waals surface area contributed by atoms with Gasteiger partial charge in [-0.25, -0.2) is 12.7 Å². The molecule has 0 N–H and O–H groups in total. The van der Waals surface area contributed by atoms with Crippen LogP contribution in [0.3, 0.4) is 0 Å². The van der Waals surface area contributed by atoms with Crippen molar-refractivity contribution in [2.45, 2.75) is 26.0 Å². The van der Waals surface area contributed by atoms with Crippen LogP contribution in [0.15, 0.2) is 0 Å². The number of nitrogens with zero attached hydrogens (tertiary/aromatic N) is 1. The highest BCUT2D eigenvalue weighted by Gasteiger charge is 2.21. The first-order valence-electron chi connectivity index (χ1n) is 4.45. The molecule has 0 radical (unpaired) electrons. The number of likely N-dealkylation sites (N-methyl/N-ethyl adjacent to an activating group) is 1. The summed E-state index contributed by atoms with van der Waals surface area (Å²) >= 11 is 0. The molecule has 0 fully saturated rings. The van der Waals surface area contributed by atoms with E-state index >= 15 is 0 Å². The molecule has 5 heteroatoms. The maximum absolute atomic E-state index is 11.5. The lowest BCUT2D eigenvalue weighted by molar-refractivity contribution is 0.138. The zero-order valence-corrected chi connectivity index (χ0v) is 9.60. The molecule has 0 aromatic heterocycles. The molecule has 0 aromatic carbocycles. The monoisotopic (exact) mass is 209 g/mol. The predicted molar refractivity (Wildman–Crippen MR) is 53.2 cm³/mol.